The molecule has 0 rings (SSSR count). The van der Waals surface area contributed by atoms with Gasteiger partial charge in [-0.1, -0.05) is 6.08 Å². The molecule has 0 heterocycles. The molecule has 0 aromatic carbocycles. The third-order valence-corrected chi connectivity index (χ3v) is 2.28. The highest BCUT2D eigenvalue weighted by atomic mass is 16.4. The lowest BCUT2D eigenvalue weighted by atomic mass is 9.91. The van der Waals surface area contributed by atoms with Gasteiger partial charge in [-0.05, 0) is 27.7 Å². The minimum Gasteiger partial charge on any atom is -0.480 e. The minimum atomic E-state index is -1.38. The van der Waals surface area contributed by atoms with Crippen LogP contribution in [0, 0.1) is 5.41 Å². The van der Waals surface area contributed by atoms with Gasteiger partial charge in [-0.2, -0.15) is 0 Å². The zero-order chi connectivity index (χ0) is 12.2. The Bertz CT molecular complexity index is 269. The van der Waals surface area contributed by atoms with Crippen LogP contribution in [-0.4, -0.2) is 34.5 Å². The van der Waals surface area contributed by atoms with Crippen molar-refractivity contribution in [3.63, 3.8) is 0 Å². The number of hydrogen-bond donors (Lipinski definition) is 1. The summed E-state index contributed by atoms with van der Waals surface area (Å²) < 4.78 is 0. The molecule has 0 aliphatic rings. The van der Waals surface area contributed by atoms with E-state index >= 15 is 0 Å². The highest BCUT2D eigenvalue weighted by molar-refractivity contribution is 6.01. The molecular weight excluding hydrogens is 194 g/mol. The summed E-state index contributed by atoms with van der Waals surface area (Å²) in [6, 6.07) is -0.0332. The topological polar surface area (TPSA) is 57.6 Å². The van der Waals surface area contributed by atoms with Crippen molar-refractivity contribution in [2.45, 2.75) is 33.7 Å². The SMILES string of the molecule is C=CCN(C(=O)C(C)(C)C(=O)O)C(C)C. The summed E-state index contributed by atoms with van der Waals surface area (Å²) in [5, 5.41) is 8.94. The van der Waals surface area contributed by atoms with Gasteiger partial charge in [-0.3, -0.25) is 9.59 Å². The summed E-state index contributed by atoms with van der Waals surface area (Å²) in [7, 11) is 0. The lowest BCUT2D eigenvalue weighted by Gasteiger charge is -2.31. The van der Waals surface area contributed by atoms with E-state index in [9.17, 15) is 9.59 Å². The average molecular weight is 213 g/mol. The van der Waals surface area contributed by atoms with Gasteiger partial charge in [0.15, 0.2) is 0 Å². The Kier molecular flexibility index (Phi) is 4.52. The molecule has 0 aliphatic heterocycles. The first-order valence-electron chi connectivity index (χ1n) is 4.90. The zero-order valence-corrected chi connectivity index (χ0v) is 9.78. The lowest BCUT2D eigenvalue weighted by Crippen LogP contribution is -2.48. The van der Waals surface area contributed by atoms with Crippen LogP contribution in [0.4, 0.5) is 0 Å². The molecular formula is C11H19NO3. The molecule has 0 unspecified atom stereocenters. The Balaban J connectivity index is 4.93. The van der Waals surface area contributed by atoms with Crippen LogP contribution in [-0.2, 0) is 9.59 Å². The fraction of sp³-hybridized carbons (Fsp3) is 0.636. The van der Waals surface area contributed by atoms with Gasteiger partial charge in [-0.25, -0.2) is 0 Å². The molecule has 0 radical (unpaired) electrons. The maximum Gasteiger partial charge on any atom is 0.318 e. The van der Waals surface area contributed by atoms with E-state index in [0.717, 1.165) is 0 Å². The molecule has 0 saturated carbocycles. The number of carbonyl (C=O) groups is 2. The number of amides is 1. The second kappa shape index (κ2) is 4.96. The van der Waals surface area contributed by atoms with Gasteiger partial charge < -0.3 is 10.0 Å². The summed E-state index contributed by atoms with van der Waals surface area (Å²) in [5.74, 6) is -1.49. The van der Waals surface area contributed by atoms with Gasteiger partial charge >= 0.3 is 5.97 Å². The number of hydrogen-bond acceptors (Lipinski definition) is 2. The van der Waals surface area contributed by atoms with E-state index in [1.807, 2.05) is 13.8 Å². The third kappa shape index (κ3) is 3.08. The van der Waals surface area contributed by atoms with E-state index in [2.05, 4.69) is 6.58 Å². The van der Waals surface area contributed by atoms with E-state index in [1.54, 1.807) is 6.08 Å². The molecule has 0 aliphatic carbocycles. The number of aliphatic carboxylic acids is 1. The van der Waals surface area contributed by atoms with E-state index < -0.39 is 11.4 Å². The molecule has 0 aromatic heterocycles. The quantitative estimate of drug-likeness (QED) is 0.556. The van der Waals surface area contributed by atoms with Gasteiger partial charge in [-0.15, -0.1) is 6.58 Å². The van der Waals surface area contributed by atoms with Crippen molar-refractivity contribution in [1.29, 1.82) is 0 Å². The maximum atomic E-state index is 11.9. The summed E-state index contributed by atoms with van der Waals surface area (Å²) in [5.41, 5.74) is -1.38. The van der Waals surface area contributed by atoms with Crippen molar-refractivity contribution in [2.24, 2.45) is 5.41 Å². The number of nitrogens with zero attached hydrogens (tertiary/aromatic N) is 1. The average Bonchev–Trinajstić information content (AvgIpc) is 2.12. The number of rotatable bonds is 5. The molecule has 0 bridgehead atoms. The molecule has 0 saturated heterocycles. The Hall–Kier alpha value is -1.32. The molecule has 0 spiro atoms. The van der Waals surface area contributed by atoms with Crippen molar-refractivity contribution < 1.29 is 14.7 Å². The molecule has 4 nitrogen and oxygen atoms in total. The number of carboxylic acid groups (broad SMARTS) is 1. The van der Waals surface area contributed by atoms with Crippen molar-refractivity contribution >= 4 is 11.9 Å². The maximum absolute atomic E-state index is 11.9. The van der Waals surface area contributed by atoms with E-state index in [0.29, 0.717) is 6.54 Å². The second-order valence-electron chi connectivity index (χ2n) is 4.27. The molecule has 15 heavy (non-hydrogen) atoms. The monoisotopic (exact) mass is 213 g/mol. The van der Waals surface area contributed by atoms with Gasteiger partial charge in [0.2, 0.25) is 5.91 Å². The van der Waals surface area contributed by atoms with E-state index in [4.69, 9.17) is 5.11 Å². The van der Waals surface area contributed by atoms with Crippen LogP contribution in [0.3, 0.4) is 0 Å². The van der Waals surface area contributed by atoms with Crippen LogP contribution in [0.1, 0.15) is 27.7 Å². The van der Waals surface area contributed by atoms with Crippen LogP contribution in [0.5, 0.6) is 0 Å². The first-order chi connectivity index (χ1) is 6.75. The smallest absolute Gasteiger partial charge is 0.318 e. The number of carboxylic acids is 1. The molecule has 86 valence electrons. The fourth-order valence-corrected chi connectivity index (χ4v) is 1.12. The molecule has 4 heteroatoms. The predicted molar refractivity (Wildman–Crippen MR) is 58.5 cm³/mol. The molecule has 0 atom stereocenters. The first-order valence-corrected chi connectivity index (χ1v) is 4.90. The van der Waals surface area contributed by atoms with Gasteiger partial charge in [0.1, 0.15) is 5.41 Å². The van der Waals surface area contributed by atoms with E-state index in [1.165, 1.54) is 18.7 Å². The summed E-state index contributed by atoms with van der Waals surface area (Å²) in [6.45, 7) is 10.4. The lowest BCUT2D eigenvalue weighted by molar-refractivity contribution is -0.158. The molecule has 1 amide bonds. The van der Waals surface area contributed by atoms with Crippen LogP contribution in [0.25, 0.3) is 0 Å². The van der Waals surface area contributed by atoms with Crippen molar-refractivity contribution in [3.8, 4) is 0 Å². The highest BCUT2D eigenvalue weighted by Crippen LogP contribution is 2.20. The predicted octanol–water partition coefficient (Wildman–Crippen LogP) is 1.52. The standard InChI is InChI=1S/C11H19NO3/c1-6-7-12(8(2)3)9(13)11(4,5)10(14)15/h6,8H,1,7H2,2-5H3,(H,14,15). The third-order valence-electron chi connectivity index (χ3n) is 2.28. The summed E-state index contributed by atoms with van der Waals surface area (Å²) >= 11 is 0. The fourth-order valence-electron chi connectivity index (χ4n) is 1.12. The summed E-state index contributed by atoms with van der Waals surface area (Å²) in [4.78, 5) is 24.4. The number of carbonyl (C=O) groups excluding carboxylic acids is 1. The van der Waals surface area contributed by atoms with E-state index in [-0.39, 0.29) is 11.9 Å². The van der Waals surface area contributed by atoms with Crippen LogP contribution >= 0.6 is 0 Å². The Morgan fingerprint density at radius 2 is 1.93 bits per heavy atom. The normalized spacial score (nSPS) is 11.3. The van der Waals surface area contributed by atoms with Crippen LogP contribution < -0.4 is 0 Å². The van der Waals surface area contributed by atoms with Crippen LogP contribution in [0.15, 0.2) is 12.7 Å². The molecule has 1 N–H and O–H groups in total. The van der Waals surface area contributed by atoms with Gasteiger partial charge in [0.25, 0.3) is 0 Å². The Labute approximate surface area is 90.6 Å². The Morgan fingerprint density at radius 3 is 2.20 bits per heavy atom. The van der Waals surface area contributed by atoms with Gasteiger partial charge in [0, 0.05) is 12.6 Å². The van der Waals surface area contributed by atoms with Gasteiger partial charge in [0.05, 0.1) is 0 Å². The van der Waals surface area contributed by atoms with Crippen molar-refractivity contribution in [2.75, 3.05) is 6.54 Å². The second-order valence-corrected chi connectivity index (χ2v) is 4.27. The first kappa shape index (κ1) is 13.7. The Morgan fingerprint density at radius 1 is 1.47 bits per heavy atom. The molecule has 0 fully saturated rings. The highest BCUT2D eigenvalue weighted by Gasteiger charge is 2.39. The largest absolute Gasteiger partial charge is 0.480 e. The summed E-state index contributed by atoms with van der Waals surface area (Å²) in [6.07, 6.45) is 1.59. The minimum absolute atomic E-state index is 0.0332. The van der Waals surface area contributed by atoms with Crippen LogP contribution in [0.2, 0.25) is 0 Å². The zero-order valence-electron chi connectivity index (χ0n) is 9.78. The van der Waals surface area contributed by atoms with Crippen molar-refractivity contribution in [3.05, 3.63) is 12.7 Å². The molecule has 0 aromatic rings. The van der Waals surface area contributed by atoms with Crippen molar-refractivity contribution in [1.82, 2.24) is 4.90 Å².